The number of hydrogen-bond donors (Lipinski definition) is 2. The summed E-state index contributed by atoms with van der Waals surface area (Å²) in [6.45, 7) is 4.03. The quantitative estimate of drug-likeness (QED) is 0.569. The lowest BCUT2D eigenvalue weighted by molar-refractivity contribution is 0.00600. The maximum atomic E-state index is 5.62. The van der Waals surface area contributed by atoms with Crippen molar-refractivity contribution >= 4 is 0 Å². The monoisotopic (exact) mass is 242 g/mol. The molecule has 0 bridgehead atoms. The average Bonchev–Trinajstić information content (AvgIpc) is 2.67. The predicted octanol–water partition coefficient (Wildman–Crippen LogP) is 0.748. The number of ether oxygens (including phenoxy) is 2. The summed E-state index contributed by atoms with van der Waals surface area (Å²) in [5, 5.41) is 4.17. The number of hydrogen-bond acceptors (Lipinski definition) is 5. The molecule has 0 fully saturated rings. The van der Waals surface area contributed by atoms with Crippen molar-refractivity contribution in [3.05, 3.63) is 11.9 Å². The Labute approximate surface area is 102 Å². The van der Waals surface area contributed by atoms with E-state index in [2.05, 4.69) is 10.5 Å². The fourth-order valence-electron chi connectivity index (χ4n) is 1.79. The van der Waals surface area contributed by atoms with E-state index in [4.69, 9.17) is 15.3 Å². The van der Waals surface area contributed by atoms with E-state index < -0.39 is 0 Å². The molecule has 0 spiro atoms. The molecule has 6 heteroatoms. The van der Waals surface area contributed by atoms with Crippen LogP contribution in [0.25, 0.3) is 0 Å². The van der Waals surface area contributed by atoms with Crippen LogP contribution in [0.1, 0.15) is 32.0 Å². The standard InChI is InChI=1S/C11H22N4O2/c1-11(2,17-5)6-8(14-12)10-9(16-4)7-13-15(10)3/h7-8,14H,6,12H2,1-5H3. The highest BCUT2D eigenvalue weighted by atomic mass is 16.5. The summed E-state index contributed by atoms with van der Waals surface area (Å²) in [6.07, 6.45) is 2.40. The van der Waals surface area contributed by atoms with Crippen molar-refractivity contribution in [3.8, 4) is 5.75 Å². The van der Waals surface area contributed by atoms with E-state index in [1.54, 1.807) is 25.1 Å². The third-order valence-electron chi connectivity index (χ3n) is 2.95. The molecule has 3 N–H and O–H groups in total. The highest BCUT2D eigenvalue weighted by Gasteiger charge is 2.27. The Morgan fingerprint density at radius 3 is 2.65 bits per heavy atom. The van der Waals surface area contributed by atoms with Crippen LogP contribution >= 0.6 is 0 Å². The van der Waals surface area contributed by atoms with E-state index in [1.807, 2.05) is 20.9 Å². The Hall–Kier alpha value is -1.11. The first-order chi connectivity index (χ1) is 7.95. The van der Waals surface area contributed by atoms with Crippen molar-refractivity contribution in [1.82, 2.24) is 15.2 Å². The van der Waals surface area contributed by atoms with Crippen LogP contribution < -0.4 is 16.0 Å². The van der Waals surface area contributed by atoms with E-state index >= 15 is 0 Å². The summed E-state index contributed by atoms with van der Waals surface area (Å²) in [5.41, 5.74) is 3.43. The molecule has 0 aliphatic carbocycles. The summed E-state index contributed by atoms with van der Waals surface area (Å²) in [5.74, 6) is 6.34. The minimum Gasteiger partial charge on any atom is -0.493 e. The third-order valence-corrected chi connectivity index (χ3v) is 2.95. The van der Waals surface area contributed by atoms with Gasteiger partial charge in [-0.2, -0.15) is 5.10 Å². The maximum absolute atomic E-state index is 5.62. The van der Waals surface area contributed by atoms with Gasteiger partial charge in [-0.1, -0.05) is 0 Å². The van der Waals surface area contributed by atoms with Gasteiger partial charge in [0.1, 0.15) is 0 Å². The van der Waals surface area contributed by atoms with Gasteiger partial charge in [-0.3, -0.25) is 16.0 Å². The van der Waals surface area contributed by atoms with E-state index in [9.17, 15) is 0 Å². The van der Waals surface area contributed by atoms with Crippen molar-refractivity contribution in [1.29, 1.82) is 0 Å². The number of rotatable bonds is 6. The lowest BCUT2D eigenvalue weighted by Crippen LogP contribution is -2.36. The molecule has 0 aliphatic heterocycles. The fourth-order valence-corrected chi connectivity index (χ4v) is 1.79. The first kappa shape index (κ1) is 14.0. The zero-order chi connectivity index (χ0) is 13.1. The van der Waals surface area contributed by atoms with Crippen LogP contribution in [0.3, 0.4) is 0 Å². The molecule has 0 saturated heterocycles. The van der Waals surface area contributed by atoms with Gasteiger partial charge in [-0.25, -0.2) is 0 Å². The smallest absolute Gasteiger partial charge is 0.161 e. The molecule has 1 unspecified atom stereocenters. The molecular weight excluding hydrogens is 220 g/mol. The minimum atomic E-state index is -0.272. The SMILES string of the molecule is COc1cnn(C)c1C(CC(C)(C)OC)NN. The summed E-state index contributed by atoms with van der Waals surface area (Å²) in [7, 11) is 5.17. The topological polar surface area (TPSA) is 74.3 Å². The summed E-state index contributed by atoms with van der Waals surface area (Å²) >= 11 is 0. The van der Waals surface area contributed by atoms with Crippen LogP contribution in [-0.2, 0) is 11.8 Å². The molecule has 1 aromatic heterocycles. The maximum Gasteiger partial charge on any atom is 0.161 e. The average molecular weight is 242 g/mol. The van der Waals surface area contributed by atoms with Gasteiger partial charge in [0.15, 0.2) is 5.75 Å². The van der Waals surface area contributed by atoms with Crippen molar-refractivity contribution in [3.63, 3.8) is 0 Å². The molecule has 1 aromatic rings. The van der Waals surface area contributed by atoms with Crippen LogP contribution in [0, 0.1) is 0 Å². The number of methoxy groups -OCH3 is 2. The summed E-state index contributed by atoms with van der Waals surface area (Å²) in [4.78, 5) is 0. The lowest BCUT2D eigenvalue weighted by Gasteiger charge is -2.28. The van der Waals surface area contributed by atoms with Crippen LogP contribution in [0.15, 0.2) is 6.20 Å². The molecule has 1 rings (SSSR count). The fraction of sp³-hybridized carbons (Fsp3) is 0.727. The zero-order valence-corrected chi connectivity index (χ0v) is 11.2. The van der Waals surface area contributed by atoms with Crippen LogP contribution in [0.2, 0.25) is 0 Å². The predicted molar refractivity (Wildman–Crippen MR) is 65.5 cm³/mol. The Kier molecular flexibility index (Phi) is 4.50. The van der Waals surface area contributed by atoms with Gasteiger partial charge in [0.25, 0.3) is 0 Å². The molecular formula is C11H22N4O2. The number of aromatic nitrogens is 2. The van der Waals surface area contributed by atoms with E-state index in [0.717, 1.165) is 17.9 Å². The van der Waals surface area contributed by atoms with Gasteiger partial charge in [0.2, 0.25) is 0 Å². The highest BCUT2D eigenvalue weighted by molar-refractivity contribution is 5.28. The van der Waals surface area contributed by atoms with Crippen molar-refractivity contribution in [2.24, 2.45) is 12.9 Å². The third kappa shape index (κ3) is 3.18. The molecule has 0 radical (unpaired) electrons. The largest absolute Gasteiger partial charge is 0.493 e. The second-order valence-corrected chi connectivity index (χ2v) is 4.61. The van der Waals surface area contributed by atoms with Gasteiger partial charge in [0.05, 0.1) is 30.6 Å². The van der Waals surface area contributed by atoms with E-state index in [1.165, 1.54) is 0 Å². The van der Waals surface area contributed by atoms with E-state index in [0.29, 0.717) is 0 Å². The minimum absolute atomic E-state index is 0.0765. The molecule has 0 aliphatic rings. The summed E-state index contributed by atoms with van der Waals surface area (Å²) in [6, 6.07) is -0.0765. The number of hydrazine groups is 1. The number of nitrogens with two attached hydrogens (primary N) is 1. The van der Waals surface area contributed by atoms with Gasteiger partial charge in [0, 0.05) is 14.2 Å². The molecule has 0 amide bonds. The molecule has 0 aromatic carbocycles. The van der Waals surface area contributed by atoms with Gasteiger partial charge >= 0.3 is 0 Å². The first-order valence-corrected chi connectivity index (χ1v) is 5.52. The second-order valence-electron chi connectivity index (χ2n) is 4.61. The number of aryl methyl sites for hydroxylation is 1. The molecule has 17 heavy (non-hydrogen) atoms. The molecule has 0 saturated carbocycles. The Morgan fingerprint density at radius 1 is 1.53 bits per heavy atom. The van der Waals surface area contributed by atoms with Crippen LogP contribution in [0.4, 0.5) is 0 Å². The first-order valence-electron chi connectivity index (χ1n) is 5.52. The second kappa shape index (κ2) is 5.48. The number of nitrogens with one attached hydrogen (secondary N) is 1. The van der Waals surface area contributed by atoms with Crippen molar-refractivity contribution in [2.45, 2.75) is 31.9 Å². The number of nitrogens with zero attached hydrogens (tertiary/aromatic N) is 2. The zero-order valence-electron chi connectivity index (χ0n) is 11.2. The van der Waals surface area contributed by atoms with E-state index in [-0.39, 0.29) is 11.6 Å². The molecule has 1 atom stereocenters. The van der Waals surface area contributed by atoms with Crippen LogP contribution in [0.5, 0.6) is 5.75 Å². The Balaban J connectivity index is 2.97. The Morgan fingerprint density at radius 2 is 2.18 bits per heavy atom. The molecule has 1 heterocycles. The summed E-state index contributed by atoms with van der Waals surface area (Å²) < 4.78 is 12.5. The van der Waals surface area contributed by atoms with Gasteiger partial charge in [-0.05, 0) is 20.3 Å². The van der Waals surface area contributed by atoms with Gasteiger partial charge < -0.3 is 9.47 Å². The molecule has 6 nitrogen and oxygen atoms in total. The molecule has 98 valence electrons. The van der Waals surface area contributed by atoms with Crippen LogP contribution in [-0.4, -0.2) is 29.6 Å². The Bertz CT molecular complexity index is 362. The van der Waals surface area contributed by atoms with Gasteiger partial charge in [-0.15, -0.1) is 0 Å². The lowest BCUT2D eigenvalue weighted by atomic mass is 9.97. The van der Waals surface area contributed by atoms with Crippen molar-refractivity contribution in [2.75, 3.05) is 14.2 Å². The normalized spacial score (nSPS) is 13.8. The van der Waals surface area contributed by atoms with Crippen molar-refractivity contribution < 1.29 is 9.47 Å². The highest BCUT2D eigenvalue weighted by Crippen LogP contribution is 2.30.